The highest BCUT2D eigenvalue weighted by atomic mass is 32.2. The summed E-state index contributed by atoms with van der Waals surface area (Å²) in [6, 6.07) is 2.73. The number of sulfonamides is 1. The zero-order chi connectivity index (χ0) is 15.6. The molecule has 0 bridgehead atoms. The van der Waals surface area contributed by atoms with Crippen LogP contribution in [0.3, 0.4) is 0 Å². The second kappa shape index (κ2) is 5.86. The summed E-state index contributed by atoms with van der Waals surface area (Å²) in [5.74, 6) is -1.69. The van der Waals surface area contributed by atoms with Crippen molar-refractivity contribution in [2.75, 3.05) is 7.11 Å². The molecule has 0 saturated carbocycles. The fourth-order valence-corrected chi connectivity index (χ4v) is 2.38. The van der Waals surface area contributed by atoms with Crippen LogP contribution in [0.25, 0.3) is 0 Å². The average molecular weight is 305 g/mol. The van der Waals surface area contributed by atoms with Crippen LogP contribution in [-0.2, 0) is 19.6 Å². The van der Waals surface area contributed by atoms with E-state index in [-0.39, 0.29) is 5.56 Å². The van der Waals surface area contributed by atoms with Crippen molar-refractivity contribution in [3.05, 3.63) is 29.6 Å². The molecule has 0 aliphatic heterocycles. The van der Waals surface area contributed by atoms with Crippen LogP contribution < -0.4 is 4.89 Å². The molecular formula is C12H16FNO5S. The number of ether oxygens (including phenoxy) is 1. The van der Waals surface area contributed by atoms with E-state index in [1.807, 2.05) is 4.89 Å². The second-order valence-electron chi connectivity index (χ2n) is 4.93. The van der Waals surface area contributed by atoms with Crippen LogP contribution in [0.2, 0.25) is 0 Å². The Hall–Kier alpha value is -1.51. The molecule has 1 rings (SSSR count). The SMILES string of the molecule is COC(=O)c1ccc(F)cc1S(=O)(=O)NOC(C)(C)C. The largest absolute Gasteiger partial charge is 0.465 e. The molecule has 0 saturated heterocycles. The van der Waals surface area contributed by atoms with Gasteiger partial charge in [0.05, 0.1) is 18.3 Å². The molecule has 0 aliphatic rings. The third kappa shape index (κ3) is 4.26. The van der Waals surface area contributed by atoms with Crippen molar-refractivity contribution in [2.24, 2.45) is 0 Å². The molecule has 6 nitrogen and oxygen atoms in total. The summed E-state index contributed by atoms with van der Waals surface area (Å²) in [4.78, 5) is 17.8. The highest BCUT2D eigenvalue weighted by Crippen LogP contribution is 2.19. The maximum atomic E-state index is 13.2. The summed E-state index contributed by atoms with van der Waals surface area (Å²) in [7, 11) is -3.12. The van der Waals surface area contributed by atoms with Crippen LogP contribution in [0.1, 0.15) is 31.1 Å². The summed E-state index contributed by atoms with van der Waals surface area (Å²) in [6.07, 6.45) is 0. The number of carbonyl (C=O) groups excluding carboxylic acids is 1. The number of hydrogen-bond donors (Lipinski definition) is 1. The monoisotopic (exact) mass is 305 g/mol. The van der Waals surface area contributed by atoms with E-state index >= 15 is 0 Å². The molecule has 112 valence electrons. The van der Waals surface area contributed by atoms with Gasteiger partial charge in [0, 0.05) is 0 Å². The van der Waals surface area contributed by atoms with Crippen molar-refractivity contribution in [1.82, 2.24) is 4.89 Å². The first kappa shape index (κ1) is 16.5. The van der Waals surface area contributed by atoms with Crippen LogP contribution in [0.15, 0.2) is 23.1 Å². The average Bonchev–Trinajstić information content (AvgIpc) is 2.35. The number of rotatable bonds is 4. The molecular weight excluding hydrogens is 289 g/mol. The Morgan fingerprint density at radius 1 is 1.30 bits per heavy atom. The predicted octanol–water partition coefficient (Wildman–Crippen LogP) is 1.62. The standard InChI is InChI=1S/C12H16FNO5S/c1-12(2,3)19-14-20(16,17)10-7-8(13)5-6-9(10)11(15)18-4/h5-7,14H,1-4H3. The van der Waals surface area contributed by atoms with Gasteiger partial charge in [0.2, 0.25) is 0 Å². The van der Waals surface area contributed by atoms with Crippen LogP contribution in [-0.4, -0.2) is 27.1 Å². The molecule has 1 N–H and O–H groups in total. The van der Waals surface area contributed by atoms with Gasteiger partial charge in [-0.25, -0.2) is 17.6 Å². The Morgan fingerprint density at radius 2 is 1.90 bits per heavy atom. The maximum absolute atomic E-state index is 13.2. The lowest BCUT2D eigenvalue weighted by atomic mass is 10.2. The smallest absolute Gasteiger partial charge is 0.339 e. The molecule has 0 amide bonds. The van der Waals surface area contributed by atoms with Crippen LogP contribution in [0.5, 0.6) is 0 Å². The molecule has 1 aromatic rings. The minimum absolute atomic E-state index is 0.279. The van der Waals surface area contributed by atoms with E-state index in [0.29, 0.717) is 0 Å². The van der Waals surface area contributed by atoms with Gasteiger partial charge in [-0.1, -0.05) is 4.89 Å². The number of nitrogens with one attached hydrogen (secondary N) is 1. The van der Waals surface area contributed by atoms with E-state index in [0.717, 1.165) is 25.3 Å². The fourth-order valence-electron chi connectivity index (χ4n) is 1.22. The van der Waals surface area contributed by atoms with Gasteiger partial charge in [0.1, 0.15) is 10.7 Å². The first-order valence-electron chi connectivity index (χ1n) is 5.64. The van der Waals surface area contributed by atoms with E-state index in [1.54, 1.807) is 20.8 Å². The van der Waals surface area contributed by atoms with Crippen molar-refractivity contribution >= 4 is 16.0 Å². The molecule has 0 unspecified atom stereocenters. The Labute approximate surface area is 116 Å². The van der Waals surface area contributed by atoms with Gasteiger partial charge in [-0.2, -0.15) is 0 Å². The molecule has 8 heteroatoms. The molecule has 1 aromatic carbocycles. The van der Waals surface area contributed by atoms with E-state index < -0.39 is 32.3 Å². The Balaban J connectivity index is 3.23. The minimum Gasteiger partial charge on any atom is -0.465 e. The quantitative estimate of drug-likeness (QED) is 0.675. The second-order valence-corrected chi connectivity index (χ2v) is 6.55. The van der Waals surface area contributed by atoms with E-state index in [9.17, 15) is 17.6 Å². The number of halogens is 1. The van der Waals surface area contributed by atoms with Gasteiger partial charge in [0.15, 0.2) is 0 Å². The molecule has 0 fully saturated rings. The number of methoxy groups -OCH3 is 1. The first-order chi connectivity index (χ1) is 9.07. The van der Waals surface area contributed by atoms with E-state index in [4.69, 9.17) is 4.84 Å². The molecule has 0 aromatic heterocycles. The summed E-state index contributed by atoms with van der Waals surface area (Å²) in [5, 5.41) is 0. The highest BCUT2D eigenvalue weighted by molar-refractivity contribution is 7.89. The van der Waals surface area contributed by atoms with Gasteiger partial charge in [-0.3, -0.25) is 4.84 Å². The zero-order valence-electron chi connectivity index (χ0n) is 11.6. The topological polar surface area (TPSA) is 81.7 Å². The summed E-state index contributed by atoms with van der Waals surface area (Å²) >= 11 is 0. The van der Waals surface area contributed by atoms with Crippen molar-refractivity contribution in [1.29, 1.82) is 0 Å². The lowest BCUT2D eigenvalue weighted by Crippen LogP contribution is -2.34. The predicted molar refractivity (Wildman–Crippen MR) is 68.9 cm³/mol. The first-order valence-corrected chi connectivity index (χ1v) is 7.13. The molecule has 0 aliphatic carbocycles. The number of esters is 1. The lowest BCUT2D eigenvalue weighted by molar-refractivity contribution is -0.0357. The zero-order valence-corrected chi connectivity index (χ0v) is 12.4. The van der Waals surface area contributed by atoms with Gasteiger partial charge in [0.25, 0.3) is 10.0 Å². The van der Waals surface area contributed by atoms with Gasteiger partial charge >= 0.3 is 5.97 Å². The fraction of sp³-hybridized carbons (Fsp3) is 0.417. The molecule has 0 heterocycles. The van der Waals surface area contributed by atoms with Crippen LogP contribution >= 0.6 is 0 Å². The third-order valence-electron chi connectivity index (χ3n) is 2.10. The lowest BCUT2D eigenvalue weighted by Gasteiger charge is -2.19. The summed E-state index contributed by atoms with van der Waals surface area (Å²) in [6.45, 7) is 4.88. The van der Waals surface area contributed by atoms with Crippen molar-refractivity contribution in [3.8, 4) is 0 Å². The van der Waals surface area contributed by atoms with E-state index in [2.05, 4.69) is 4.74 Å². The maximum Gasteiger partial charge on any atom is 0.339 e. The minimum atomic E-state index is -4.21. The van der Waals surface area contributed by atoms with E-state index in [1.165, 1.54) is 0 Å². The molecule has 0 atom stereocenters. The van der Waals surface area contributed by atoms with Crippen LogP contribution in [0.4, 0.5) is 4.39 Å². The van der Waals surface area contributed by atoms with Gasteiger partial charge < -0.3 is 4.74 Å². The number of carbonyl (C=O) groups is 1. The summed E-state index contributed by atoms with van der Waals surface area (Å²) < 4.78 is 41.8. The Bertz CT molecular complexity index is 607. The Kier molecular flexibility index (Phi) is 4.85. The third-order valence-corrected chi connectivity index (χ3v) is 3.32. The molecule has 20 heavy (non-hydrogen) atoms. The normalized spacial score (nSPS) is 12.2. The molecule has 0 radical (unpaired) electrons. The highest BCUT2D eigenvalue weighted by Gasteiger charge is 2.26. The number of benzene rings is 1. The Morgan fingerprint density at radius 3 is 2.40 bits per heavy atom. The van der Waals surface area contributed by atoms with Gasteiger partial charge in [-0.15, -0.1) is 0 Å². The van der Waals surface area contributed by atoms with Crippen molar-refractivity contribution < 1.29 is 27.2 Å². The molecule has 0 spiro atoms. The van der Waals surface area contributed by atoms with Gasteiger partial charge in [-0.05, 0) is 39.0 Å². The summed E-state index contributed by atoms with van der Waals surface area (Å²) in [5.41, 5.74) is -1.06. The number of hydrogen-bond acceptors (Lipinski definition) is 5. The van der Waals surface area contributed by atoms with Crippen molar-refractivity contribution in [2.45, 2.75) is 31.3 Å². The van der Waals surface area contributed by atoms with Crippen LogP contribution in [0, 0.1) is 5.82 Å². The van der Waals surface area contributed by atoms with Crippen molar-refractivity contribution in [3.63, 3.8) is 0 Å².